The van der Waals surface area contributed by atoms with Crippen LogP contribution in [-0.4, -0.2) is 11.1 Å². The zero-order valence-electron chi connectivity index (χ0n) is 10.3. The van der Waals surface area contributed by atoms with Gasteiger partial charge < -0.3 is 14.3 Å². The lowest BCUT2D eigenvalue weighted by molar-refractivity contribution is 0.0661. The van der Waals surface area contributed by atoms with Gasteiger partial charge in [0.2, 0.25) is 5.76 Å². The molecule has 0 aliphatic heterocycles. The van der Waals surface area contributed by atoms with E-state index in [-0.39, 0.29) is 5.76 Å². The molecule has 18 heavy (non-hydrogen) atoms. The van der Waals surface area contributed by atoms with Crippen LogP contribution < -0.4 is 4.74 Å². The van der Waals surface area contributed by atoms with Crippen LogP contribution in [0.15, 0.2) is 34.7 Å². The van der Waals surface area contributed by atoms with Crippen LogP contribution in [0.5, 0.6) is 5.75 Å². The molecule has 0 atom stereocenters. The molecule has 2 rings (SSSR count). The molecule has 0 saturated heterocycles. The Labute approximate surface area is 105 Å². The molecule has 1 heterocycles. The van der Waals surface area contributed by atoms with Crippen LogP contribution in [0.25, 0.3) is 0 Å². The topological polar surface area (TPSA) is 59.7 Å². The Kier molecular flexibility index (Phi) is 3.37. The molecule has 0 fully saturated rings. The molecular formula is C14H14O4. The predicted molar refractivity (Wildman–Crippen MR) is 65.9 cm³/mol. The molecule has 0 saturated carbocycles. The first-order valence-corrected chi connectivity index (χ1v) is 5.59. The zero-order valence-corrected chi connectivity index (χ0v) is 10.3. The molecule has 2 aromatic rings. The predicted octanol–water partition coefficient (Wildman–Crippen LogP) is 3.17. The number of hydrogen-bond donors (Lipinski definition) is 1. The standard InChI is InChI=1S/C14H14O4/c1-9-5-3-4-6-12(9)17-8-11-7-13(14(15)16)18-10(11)2/h3-7H,8H2,1-2H3,(H,15,16). The first kappa shape index (κ1) is 12.2. The third kappa shape index (κ3) is 2.53. The number of ether oxygens (including phenoxy) is 1. The molecule has 0 unspecified atom stereocenters. The minimum Gasteiger partial charge on any atom is -0.489 e. The lowest BCUT2D eigenvalue weighted by atomic mass is 10.2. The summed E-state index contributed by atoms with van der Waals surface area (Å²) in [6.07, 6.45) is 0. The first-order chi connectivity index (χ1) is 8.58. The molecule has 4 nitrogen and oxygen atoms in total. The van der Waals surface area contributed by atoms with Gasteiger partial charge in [-0.2, -0.15) is 0 Å². The summed E-state index contributed by atoms with van der Waals surface area (Å²) < 4.78 is 10.8. The van der Waals surface area contributed by atoms with E-state index in [0.717, 1.165) is 16.9 Å². The molecule has 0 radical (unpaired) electrons. The fraction of sp³-hybridized carbons (Fsp3) is 0.214. The van der Waals surface area contributed by atoms with Crippen LogP contribution in [0.4, 0.5) is 0 Å². The summed E-state index contributed by atoms with van der Waals surface area (Å²) in [7, 11) is 0. The summed E-state index contributed by atoms with van der Waals surface area (Å²) in [6, 6.07) is 9.17. The van der Waals surface area contributed by atoms with Gasteiger partial charge in [0, 0.05) is 5.56 Å². The largest absolute Gasteiger partial charge is 0.489 e. The lowest BCUT2D eigenvalue weighted by Crippen LogP contribution is -1.97. The van der Waals surface area contributed by atoms with Crippen molar-refractivity contribution >= 4 is 5.97 Å². The maximum absolute atomic E-state index is 10.8. The van der Waals surface area contributed by atoms with Crippen molar-refractivity contribution in [2.75, 3.05) is 0 Å². The van der Waals surface area contributed by atoms with E-state index in [0.29, 0.717) is 12.4 Å². The molecule has 0 spiro atoms. The summed E-state index contributed by atoms with van der Waals surface area (Å²) >= 11 is 0. The molecule has 0 bridgehead atoms. The number of aryl methyl sites for hydroxylation is 2. The van der Waals surface area contributed by atoms with E-state index in [1.54, 1.807) is 6.92 Å². The van der Waals surface area contributed by atoms with Gasteiger partial charge in [-0.25, -0.2) is 4.79 Å². The summed E-state index contributed by atoms with van der Waals surface area (Å²) in [5, 5.41) is 8.82. The average Bonchev–Trinajstić information content (AvgIpc) is 2.70. The fourth-order valence-electron chi connectivity index (χ4n) is 1.64. The number of hydrogen-bond acceptors (Lipinski definition) is 3. The monoisotopic (exact) mass is 246 g/mol. The van der Waals surface area contributed by atoms with Crippen molar-refractivity contribution < 1.29 is 19.1 Å². The second kappa shape index (κ2) is 4.96. The molecule has 0 amide bonds. The van der Waals surface area contributed by atoms with Gasteiger partial charge >= 0.3 is 5.97 Å². The van der Waals surface area contributed by atoms with Gasteiger partial charge in [0.05, 0.1) is 0 Å². The molecule has 4 heteroatoms. The Hall–Kier alpha value is -2.23. The van der Waals surface area contributed by atoms with Crippen LogP contribution in [0.1, 0.15) is 27.4 Å². The highest BCUT2D eigenvalue weighted by atomic mass is 16.5. The van der Waals surface area contributed by atoms with E-state index in [2.05, 4.69) is 0 Å². The summed E-state index contributed by atoms with van der Waals surface area (Å²) in [5.41, 5.74) is 1.78. The number of benzene rings is 1. The van der Waals surface area contributed by atoms with Crippen LogP contribution in [-0.2, 0) is 6.61 Å². The van der Waals surface area contributed by atoms with E-state index in [4.69, 9.17) is 14.3 Å². The van der Waals surface area contributed by atoms with Gasteiger partial charge in [0.25, 0.3) is 0 Å². The molecule has 0 aliphatic carbocycles. The van der Waals surface area contributed by atoms with E-state index in [9.17, 15) is 4.79 Å². The van der Waals surface area contributed by atoms with Crippen molar-refractivity contribution in [3.05, 3.63) is 53.0 Å². The first-order valence-electron chi connectivity index (χ1n) is 5.59. The van der Waals surface area contributed by atoms with E-state index < -0.39 is 5.97 Å². The molecular weight excluding hydrogens is 232 g/mol. The summed E-state index contributed by atoms with van der Waals surface area (Å²) in [5.74, 6) is 0.229. The SMILES string of the molecule is Cc1ccccc1OCc1cc(C(=O)O)oc1C. The van der Waals surface area contributed by atoms with E-state index in [1.807, 2.05) is 31.2 Å². The van der Waals surface area contributed by atoms with Crippen LogP contribution >= 0.6 is 0 Å². The van der Waals surface area contributed by atoms with E-state index in [1.165, 1.54) is 6.07 Å². The Morgan fingerprint density at radius 3 is 2.67 bits per heavy atom. The quantitative estimate of drug-likeness (QED) is 0.900. The minimum atomic E-state index is -1.07. The summed E-state index contributed by atoms with van der Waals surface area (Å²) in [6.45, 7) is 3.98. The Morgan fingerprint density at radius 1 is 1.33 bits per heavy atom. The second-order valence-electron chi connectivity index (χ2n) is 4.05. The number of carbonyl (C=O) groups is 1. The molecule has 1 aromatic carbocycles. The van der Waals surface area contributed by atoms with Gasteiger partial charge in [-0.05, 0) is 31.5 Å². The maximum atomic E-state index is 10.8. The number of para-hydroxylation sites is 1. The minimum absolute atomic E-state index is 0.0594. The zero-order chi connectivity index (χ0) is 13.1. The van der Waals surface area contributed by atoms with Crippen molar-refractivity contribution in [1.29, 1.82) is 0 Å². The highest BCUT2D eigenvalue weighted by Gasteiger charge is 2.13. The second-order valence-corrected chi connectivity index (χ2v) is 4.05. The number of carboxylic acids is 1. The normalized spacial score (nSPS) is 10.3. The fourth-order valence-corrected chi connectivity index (χ4v) is 1.64. The van der Waals surface area contributed by atoms with Crippen LogP contribution in [0, 0.1) is 13.8 Å². The highest BCUT2D eigenvalue weighted by molar-refractivity contribution is 5.84. The molecule has 94 valence electrons. The Balaban J connectivity index is 2.11. The van der Waals surface area contributed by atoms with Crippen molar-refractivity contribution in [3.8, 4) is 5.75 Å². The van der Waals surface area contributed by atoms with Gasteiger partial charge in [-0.1, -0.05) is 18.2 Å². The average molecular weight is 246 g/mol. The smallest absolute Gasteiger partial charge is 0.371 e. The lowest BCUT2D eigenvalue weighted by Gasteiger charge is -2.07. The number of carboxylic acid groups (broad SMARTS) is 1. The number of furan rings is 1. The van der Waals surface area contributed by atoms with Crippen molar-refractivity contribution in [3.63, 3.8) is 0 Å². The molecule has 0 aliphatic rings. The van der Waals surface area contributed by atoms with Gasteiger partial charge in [0.15, 0.2) is 0 Å². The Morgan fingerprint density at radius 2 is 2.06 bits per heavy atom. The van der Waals surface area contributed by atoms with Gasteiger partial charge in [-0.3, -0.25) is 0 Å². The van der Waals surface area contributed by atoms with E-state index >= 15 is 0 Å². The summed E-state index contributed by atoms with van der Waals surface area (Å²) in [4.78, 5) is 10.8. The molecule has 1 aromatic heterocycles. The van der Waals surface area contributed by atoms with Gasteiger partial charge in [-0.15, -0.1) is 0 Å². The van der Waals surface area contributed by atoms with Crippen LogP contribution in [0.3, 0.4) is 0 Å². The molecule has 1 N–H and O–H groups in total. The van der Waals surface area contributed by atoms with Gasteiger partial charge in [0.1, 0.15) is 18.1 Å². The van der Waals surface area contributed by atoms with Crippen molar-refractivity contribution in [1.82, 2.24) is 0 Å². The van der Waals surface area contributed by atoms with Crippen molar-refractivity contribution in [2.24, 2.45) is 0 Å². The Bertz CT molecular complexity index is 569. The van der Waals surface area contributed by atoms with Crippen molar-refractivity contribution in [2.45, 2.75) is 20.5 Å². The third-order valence-corrected chi connectivity index (χ3v) is 2.71. The number of rotatable bonds is 4. The van der Waals surface area contributed by atoms with Crippen LogP contribution in [0.2, 0.25) is 0 Å². The maximum Gasteiger partial charge on any atom is 0.371 e. The number of aromatic carboxylic acids is 1. The highest BCUT2D eigenvalue weighted by Crippen LogP contribution is 2.20. The third-order valence-electron chi connectivity index (χ3n) is 2.71.